The Morgan fingerprint density at radius 2 is 2.23 bits per heavy atom. The molecule has 0 aromatic carbocycles. The van der Waals surface area contributed by atoms with Gasteiger partial charge < -0.3 is 15.1 Å². The maximum atomic E-state index is 12.3. The van der Waals surface area contributed by atoms with Gasteiger partial charge in [-0.1, -0.05) is 0 Å². The van der Waals surface area contributed by atoms with Crippen LogP contribution in [0, 0.1) is 0 Å². The van der Waals surface area contributed by atoms with E-state index in [1.807, 2.05) is 30.1 Å². The van der Waals surface area contributed by atoms with Crippen LogP contribution >= 0.6 is 0 Å². The Kier molecular flexibility index (Phi) is 4.94. The van der Waals surface area contributed by atoms with Crippen LogP contribution in [0.5, 0.6) is 0 Å². The van der Waals surface area contributed by atoms with Crippen LogP contribution in [0.25, 0.3) is 11.0 Å². The Bertz CT molecular complexity index is 755. The minimum absolute atomic E-state index is 0.284. The smallest absolute Gasteiger partial charge is 0.405 e. The van der Waals surface area contributed by atoms with Gasteiger partial charge in [0.15, 0.2) is 0 Å². The summed E-state index contributed by atoms with van der Waals surface area (Å²) in [6, 6.07) is 2.97. The molecule has 0 aliphatic carbocycles. The Hall–Kier alpha value is -2.13. The van der Waals surface area contributed by atoms with E-state index in [0.29, 0.717) is 13.1 Å². The first-order chi connectivity index (χ1) is 12.2. The second-order valence-electron chi connectivity index (χ2n) is 6.87. The summed E-state index contributed by atoms with van der Waals surface area (Å²) < 4.78 is 42.8. The van der Waals surface area contributed by atoms with E-state index in [0.717, 1.165) is 16.7 Å². The molecule has 6 nitrogen and oxygen atoms in total. The van der Waals surface area contributed by atoms with Gasteiger partial charge in [0, 0.05) is 37.4 Å². The maximum absolute atomic E-state index is 12.3. The Balaban J connectivity index is 1.72. The van der Waals surface area contributed by atoms with Crippen LogP contribution in [0.3, 0.4) is 0 Å². The molecule has 0 saturated carbocycles. The van der Waals surface area contributed by atoms with Crippen LogP contribution in [0.2, 0.25) is 0 Å². The van der Waals surface area contributed by atoms with Gasteiger partial charge in [0.25, 0.3) is 0 Å². The lowest BCUT2D eigenvalue weighted by Gasteiger charge is -2.42. The SMILES string of the molecule is CC(C)(c1cc2cnccc2o1)N1CCN[C@H](C(=O)NCC(F)(F)F)C1. The van der Waals surface area contributed by atoms with Crippen LogP contribution in [0.4, 0.5) is 13.2 Å². The third-order valence-electron chi connectivity index (χ3n) is 4.67. The number of amides is 1. The molecule has 0 spiro atoms. The number of fused-ring (bicyclic) bond motifs is 1. The molecule has 9 heteroatoms. The highest BCUT2D eigenvalue weighted by Gasteiger charge is 2.38. The first kappa shape index (κ1) is 18.7. The van der Waals surface area contributed by atoms with Gasteiger partial charge >= 0.3 is 6.18 Å². The quantitative estimate of drug-likeness (QED) is 0.862. The van der Waals surface area contributed by atoms with Crippen LogP contribution in [0.15, 0.2) is 28.9 Å². The number of piperazine rings is 1. The number of hydrogen-bond acceptors (Lipinski definition) is 5. The van der Waals surface area contributed by atoms with Crippen LogP contribution in [-0.2, 0) is 10.3 Å². The topological polar surface area (TPSA) is 70.4 Å². The summed E-state index contributed by atoms with van der Waals surface area (Å²) in [4.78, 5) is 18.2. The normalized spacial score (nSPS) is 19.7. The van der Waals surface area contributed by atoms with Crippen molar-refractivity contribution in [3.8, 4) is 0 Å². The number of alkyl halides is 3. The third-order valence-corrected chi connectivity index (χ3v) is 4.67. The molecule has 1 saturated heterocycles. The van der Waals surface area contributed by atoms with Gasteiger partial charge in [0.05, 0.1) is 11.6 Å². The third kappa shape index (κ3) is 3.99. The fourth-order valence-corrected chi connectivity index (χ4v) is 3.09. The van der Waals surface area contributed by atoms with Crippen molar-refractivity contribution in [2.75, 3.05) is 26.2 Å². The Morgan fingerprint density at radius 3 is 2.92 bits per heavy atom. The van der Waals surface area contributed by atoms with Gasteiger partial charge in [-0.2, -0.15) is 13.2 Å². The summed E-state index contributed by atoms with van der Waals surface area (Å²) in [6.07, 6.45) is -1.07. The second kappa shape index (κ2) is 6.88. The number of carbonyl (C=O) groups is 1. The zero-order chi connectivity index (χ0) is 18.9. The van der Waals surface area contributed by atoms with E-state index in [2.05, 4.69) is 10.3 Å². The highest BCUT2D eigenvalue weighted by molar-refractivity contribution is 5.82. The average Bonchev–Trinajstić information content (AvgIpc) is 3.04. The van der Waals surface area contributed by atoms with E-state index in [4.69, 9.17) is 4.42 Å². The van der Waals surface area contributed by atoms with Gasteiger partial charge in [0.2, 0.25) is 5.91 Å². The molecule has 1 fully saturated rings. The first-order valence-electron chi connectivity index (χ1n) is 8.34. The second-order valence-corrected chi connectivity index (χ2v) is 6.87. The van der Waals surface area contributed by atoms with Gasteiger partial charge in [-0.05, 0) is 26.0 Å². The first-order valence-corrected chi connectivity index (χ1v) is 8.34. The standard InChI is InChI=1S/C17H21F3N4O2/c1-16(2,14-7-11-8-21-4-3-13(11)26-14)24-6-5-22-12(9-24)15(25)23-10-17(18,19)20/h3-4,7-8,12,22H,5-6,9-10H2,1-2H3,(H,23,25)/t12-/m0/s1. The predicted octanol–water partition coefficient (Wildman–Crippen LogP) is 2.02. The van der Waals surface area contributed by atoms with E-state index in [-0.39, 0.29) is 6.54 Å². The lowest BCUT2D eigenvalue weighted by Crippen LogP contribution is -2.61. The number of nitrogens with zero attached hydrogens (tertiary/aromatic N) is 2. The summed E-state index contributed by atoms with van der Waals surface area (Å²) in [5, 5.41) is 5.79. The minimum Gasteiger partial charge on any atom is -0.459 e. The molecule has 1 atom stereocenters. The van der Waals surface area contributed by atoms with Crippen molar-refractivity contribution in [3.63, 3.8) is 0 Å². The maximum Gasteiger partial charge on any atom is 0.405 e. The molecular formula is C17H21F3N4O2. The van der Waals surface area contributed by atoms with Crippen LogP contribution < -0.4 is 10.6 Å². The monoisotopic (exact) mass is 370 g/mol. The number of rotatable bonds is 4. The van der Waals surface area contributed by atoms with Crippen molar-refractivity contribution >= 4 is 16.9 Å². The highest BCUT2D eigenvalue weighted by Crippen LogP contribution is 2.32. The average molecular weight is 370 g/mol. The van der Waals surface area contributed by atoms with Crippen molar-refractivity contribution in [3.05, 3.63) is 30.3 Å². The number of furan rings is 1. The van der Waals surface area contributed by atoms with Crippen LogP contribution in [-0.4, -0.2) is 54.2 Å². The molecule has 0 bridgehead atoms. The molecule has 1 aliphatic heterocycles. The molecule has 0 unspecified atom stereocenters. The molecule has 0 radical (unpaired) electrons. The van der Waals surface area contributed by atoms with E-state index in [9.17, 15) is 18.0 Å². The van der Waals surface area contributed by atoms with Crippen molar-refractivity contribution in [2.24, 2.45) is 0 Å². The van der Waals surface area contributed by atoms with E-state index in [1.54, 1.807) is 18.5 Å². The number of carbonyl (C=O) groups excluding carboxylic acids is 1. The van der Waals surface area contributed by atoms with Gasteiger partial charge in [-0.15, -0.1) is 0 Å². The number of halogens is 3. The summed E-state index contributed by atoms with van der Waals surface area (Å²) >= 11 is 0. The Labute approximate surface area is 148 Å². The number of aromatic nitrogens is 1. The van der Waals surface area contributed by atoms with Crippen molar-refractivity contribution in [2.45, 2.75) is 31.6 Å². The predicted molar refractivity (Wildman–Crippen MR) is 89.5 cm³/mol. The summed E-state index contributed by atoms with van der Waals surface area (Å²) in [5.74, 6) is 0.0634. The van der Waals surface area contributed by atoms with E-state index >= 15 is 0 Å². The fourth-order valence-electron chi connectivity index (χ4n) is 3.09. The zero-order valence-electron chi connectivity index (χ0n) is 14.6. The highest BCUT2D eigenvalue weighted by atomic mass is 19.4. The zero-order valence-corrected chi connectivity index (χ0v) is 14.6. The molecule has 3 rings (SSSR count). The molecule has 2 aromatic heterocycles. The summed E-state index contributed by atoms with van der Waals surface area (Å²) in [7, 11) is 0. The lowest BCUT2D eigenvalue weighted by molar-refractivity contribution is -0.140. The number of nitrogens with one attached hydrogen (secondary N) is 2. The molecule has 1 amide bonds. The molecule has 1 aliphatic rings. The molecule has 26 heavy (non-hydrogen) atoms. The largest absolute Gasteiger partial charge is 0.459 e. The van der Waals surface area contributed by atoms with Crippen LogP contribution in [0.1, 0.15) is 19.6 Å². The summed E-state index contributed by atoms with van der Waals surface area (Å²) in [6.45, 7) is 4.03. The van der Waals surface area contributed by atoms with Crippen molar-refractivity contribution < 1.29 is 22.4 Å². The number of hydrogen-bond donors (Lipinski definition) is 2. The lowest BCUT2D eigenvalue weighted by atomic mass is 9.96. The van der Waals surface area contributed by atoms with E-state index in [1.165, 1.54) is 0 Å². The van der Waals surface area contributed by atoms with Gasteiger partial charge in [-0.25, -0.2) is 0 Å². The summed E-state index contributed by atoms with van der Waals surface area (Å²) in [5.41, 5.74) is 0.196. The van der Waals surface area contributed by atoms with Crippen molar-refractivity contribution in [1.29, 1.82) is 0 Å². The van der Waals surface area contributed by atoms with Gasteiger partial charge in [-0.3, -0.25) is 14.7 Å². The van der Waals surface area contributed by atoms with E-state index < -0.39 is 30.2 Å². The molecule has 3 heterocycles. The fraction of sp³-hybridized carbons (Fsp3) is 0.529. The Morgan fingerprint density at radius 1 is 1.46 bits per heavy atom. The van der Waals surface area contributed by atoms with Crippen molar-refractivity contribution in [1.82, 2.24) is 20.5 Å². The minimum atomic E-state index is -4.43. The van der Waals surface area contributed by atoms with Gasteiger partial charge in [0.1, 0.15) is 17.9 Å². The molecule has 2 N–H and O–H groups in total. The molecule has 2 aromatic rings. The number of pyridine rings is 1. The molecular weight excluding hydrogens is 349 g/mol. The molecule has 142 valence electrons.